The summed E-state index contributed by atoms with van der Waals surface area (Å²) in [7, 11) is 0. The minimum Gasteiger partial charge on any atom is -0.321 e. The maximum Gasteiger partial charge on any atom is 0.276 e. The molecule has 160 valence electrons. The van der Waals surface area contributed by atoms with Crippen LogP contribution < -0.4 is 10.9 Å². The first-order valence-electron chi connectivity index (χ1n) is 10.7. The molecule has 0 saturated heterocycles. The van der Waals surface area contributed by atoms with Gasteiger partial charge in [-0.25, -0.2) is 9.67 Å². The van der Waals surface area contributed by atoms with E-state index in [1.165, 1.54) is 6.07 Å². The van der Waals surface area contributed by atoms with Crippen LogP contribution in [0.2, 0.25) is 0 Å². The number of carbonyl (C=O) groups excluding carboxylic acids is 1. The number of fused-ring (bicyclic) bond motifs is 1. The van der Waals surface area contributed by atoms with Crippen molar-refractivity contribution in [1.82, 2.24) is 19.7 Å². The lowest BCUT2D eigenvalue weighted by atomic mass is 10.1. The second-order valence-electron chi connectivity index (χ2n) is 8.10. The van der Waals surface area contributed by atoms with Crippen molar-refractivity contribution >= 4 is 11.6 Å². The van der Waals surface area contributed by atoms with E-state index in [9.17, 15) is 9.59 Å². The predicted octanol–water partition coefficient (Wildman–Crippen LogP) is 3.98. The van der Waals surface area contributed by atoms with Gasteiger partial charge in [-0.1, -0.05) is 30.3 Å². The topological polar surface area (TPSA) is 92.7 Å². The van der Waals surface area contributed by atoms with Crippen LogP contribution in [0.5, 0.6) is 0 Å². The van der Waals surface area contributed by atoms with Crippen LogP contribution in [0, 0.1) is 13.8 Å². The summed E-state index contributed by atoms with van der Waals surface area (Å²) in [6, 6.07) is 16.8. The molecule has 2 heterocycles. The highest BCUT2D eigenvalue weighted by Crippen LogP contribution is 2.29. The number of hydrogen-bond acceptors (Lipinski definition) is 4. The van der Waals surface area contributed by atoms with Crippen molar-refractivity contribution < 1.29 is 4.79 Å². The maximum atomic E-state index is 13.2. The van der Waals surface area contributed by atoms with Gasteiger partial charge < -0.3 is 10.3 Å². The third-order valence-electron chi connectivity index (χ3n) is 5.75. The third kappa shape index (κ3) is 3.62. The number of amides is 1. The lowest BCUT2D eigenvalue weighted by Crippen LogP contribution is -2.15. The van der Waals surface area contributed by atoms with Crippen LogP contribution in [0.3, 0.4) is 0 Å². The highest BCUT2D eigenvalue weighted by molar-refractivity contribution is 6.04. The molecule has 4 aromatic rings. The molecule has 0 atom stereocenters. The molecule has 0 bridgehead atoms. The lowest BCUT2D eigenvalue weighted by molar-refractivity contribution is 0.102. The first-order chi connectivity index (χ1) is 15.5. The zero-order chi connectivity index (χ0) is 22.2. The van der Waals surface area contributed by atoms with Crippen molar-refractivity contribution in [3.8, 4) is 17.1 Å². The summed E-state index contributed by atoms with van der Waals surface area (Å²) >= 11 is 0. The minimum absolute atomic E-state index is 0.209. The fourth-order valence-corrected chi connectivity index (χ4v) is 4.27. The summed E-state index contributed by atoms with van der Waals surface area (Å²) in [4.78, 5) is 32.1. The zero-order valence-electron chi connectivity index (χ0n) is 18.0. The molecule has 0 radical (unpaired) electrons. The second kappa shape index (κ2) is 7.92. The normalized spacial score (nSPS) is 12.6. The largest absolute Gasteiger partial charge is 0.321 e. The van der Waals surface area contributed by atoms with E-state index >= 15 is 0 Å². The highest BCUT2D eigenvalue weighted by Gasteiger charge is 2.27. The van der Waals surface area contributed by atoms with Gasteiger partial charge in [0.2, 0.25) is 0 Å². The van der Waals surface area contributed by atoms with Gasteiger partial charge >= 0.3 is 0 Å². The molecular formula is C25H23N5O2. The van der Waals surface area contributed by atoms with Crippen LogP contribution in [-0.2, 0) is 12.8 Å². The van der Waals surface area contributed by atoms with Crippen molar-refractivity contribution in [2.45, 2.75) is 33.1 Å². The van der Waals surface area contributed by atoms with E-state index in [0.29, 0.717) is 22.9 Å². The van der Waals surface area contributed by atoms with Crippen molar-refractivity contribution in [3.05, 3.63) is 93.2 Å². The Morgan fingerprint density at radius 3 is 2.72 bits per heavy atom. The molecule has 1 aliphatic rings. The molecule has 2 N–H and O–H groups in total. The molecule has 0 spiro atoms. The summed E-state index contributed by atoms with van der Waals surface area (Å²) in [5.41, 5.74) is 6.48. The summed E-state index contributed by atoms with van der Waals surface area (Å²) < 4.78 is 1.92. The fourth-order valence-electron chi connectivity index (χ4n) is 4.27. The number of aryl methyl sites for hydroxylation is 2. The lowest BCUT2D eigenvalue weighted by Gasteiger charge is -2.09. The number of aromatic amines is 1. The second-order valence-corrected chi connectivity index (χ2v) is 8.10. The number of benzene rings is 2. The number of hydrogen-bond donors (Lipinski definition) is 2. The van der Waals surface area contributed by atoms with Crippen molar-refractivity contribution in [1.29, 1.82) is 0 Å². The average molecular weight is 425 g/mol. The van der Waals surface area contributed by atoms with Gasteiger partial charge in [-0.15, -0.1) is 0 Å². The fraction of sp³-hybridized carbons (Fsp3) is 0.200. The molecule has 1 aliphatic carbocycles. The number of H-pyrrole nitrogens is 1. The third-order valence-corrected chi connectivity index (χ3v) is 5.75. The summed E-state index contributed by atoms with van der Waals surface area (Å²) in [5.74, 6) is 0.231. The molecule has 7 nitrogen and oxygen atoms in total. The van der Waals surface area contributed by atoms with Crippen molar-refractivity contribution in [2.75, 3.05) is 5.32 Å². The monoisotopic (exact) mass is 425 g/mol. The van der Waals surface area contributed by atoms with E-state index in [1.54, 1.807) is 13.0 Å². The molecular weight excluding hydrogens is 402 g/mol. The highest BCUT2D eigenvalue weighted by atomic mass is 16.2. The molecule has 0 unspecified atom stereocenters. The molecule has 32 heavy (non-hydrogen) atoms. The molecule has 2 aromatic carbocycles. The number of carbonyl (C=O) groups is 1. The SMILES string of the molecule is Cc1cc(=O)[nH]c(-c2cccc(NC(=O)c3nn(-c4ccccc4C)c4c3CCC4)c2)n1. The Labute approximate surface area is 185 Å². The van der Waals surface area contributed by atoms with Gasteiger partial charge in [0.25, 0.3) is 11.5 Å². The Morgan fingerprint density at radius 1 is 1.06 bits per heavy atom. The van der Waals surface area contributed by atoms with Gasteiger partial charge in [-0.05, 0) is 56.9 Å². The average Bonchev–Trinajstić information content (AvgIpc) is 3.37. The van der Waals surface area contributed by atoms with Crippen LogP contribution in [0.25, 0.3) is 17.1 Å². The van der Waals surface area contributed by atoms with E-state index < -0.39 is 0 Å². The van der Waals surface area contributed by atoms with Gasteiger partial charge in [0.05, 0.1) is 5.69 Å². The first kappa shape index (κ1) is 19.9. The number of nitrogens with zero attached hydrogens (tertiary/aromatic N) is 3. The molecule has 0 fully saturated rings. The Hall–Kier alpha value is -4.00. The van der Waals surface area contributed by atoms with E-state index in [1.807, 2.05) is 54.1 Å². The van der Waals surface area contributed by atoms with Crippen LogP contribution in [0.15, 0.2) is 59.4 Å². The molecule has 0 aliphatic heterocycles. The van der Waals surface area contributed by atoms with E-state index in [2.05, 4.69) is 15.3 Å². The van der Waals surface area contributed by atoms with Gasteiger partial charge in [-0.3, -0.25) is 9.59 Å². The van der Waals surface area contributed by atoms with E-state index in [-0.39, 0.29) is 11.5 Å². The zero-order valence-corrected chi connectivity index (χ0v) is 18.0. The molecule has 5 rings (SSSR count). The van der Waals surface area contributed by atoms with Crippen LogP contribution in [0.1, 0.15) is 39.4 Å². The van der Waals surface area contributed by atoms with Gasteiger partial charge in [0, 0.05) is 34.3 Å². The summed E-state index contributed by atoms with van der Waals surface area (Å²) in [5, 5.41) is 7.68. The van der Waals surface area contributed by atoms with Crippen molar-refractivity contribution in [2.24, 2.45) is 0 Å². The van der Waals surface area contributed by atoms with E-state index in [0.717, 1.165) is 47.3 Å². The Kier molecular flexibility index (Phi) is 4.93. The smallest absolute Gasteiger partial charge is 0.276 e. The van der Waals surface area contributed by atoms with Crippen LogP contribution >= 0.6 is 0 Å². The minimum atomic E-state index is -0.238. The molecule has 1 amide bonds. The Balaban J connectivity index is 1.47. The maximum absolute atomic E-state index is 13.2. The van der Waals surface area contributed by atoms with Gasteiger partial charge in [0.1, 0.15) is 5.82 Å². The van der Waals surface area contributed by atoms with Crippen molar-refractivity contribution in [3.63, 3.8) is 0 Å². The number of anilines is 1. The Bertz CT molecular complexity index is 1400. The van der Waals surface area contributed by atoms with Gasteiger partial charge in [0.15, 0.2) is 5.69 Å². The number of para-hydroxylation sites is 1. The summed E-state index contributed by atoms with van der Waals surface area (Å²) in [6.45, 7) is 3.82. The first-order valence-corrected chi connectivity index (χ1v) is 10.7. The number of nitrogens with one attached hydrogen (secondary N) is 2. The quantitative estimate of drug-likeness (QED) is 0.517. The molecule has 0 saturated carbocycles. The number of aromatic nitrogens is 4. The molecule has 2 aromatic heterocycles. The van der Waals surface area contributed by atoms with Crippen LogP contribution in [0.4, 0.5) is 5.69 Å². The van der Waals surface area contributed by atoms with E-state index in [4.69, 9.17) is 5.10 Å². The molecule has 7 heteroatoms. The van der Waals surface area contributed by atoms with Crippen LogP contribution in [-0.4, -0.2) is 25.7 Å². The predicted molar refractivity (Wildman–Crippen MR) is 123 cm³/mol. The Morgan fingerprint density at radius 2 is 1.91 bits per heavy atom. The standard InChI is InChI=1S/C25H23N5O2/c1-15-7-3-4-11-20(15)30-21-12-6-10-19(21)23(29-30)25(32)27-18-9-5-8-17(14-18)24-26-16(2)13-22(31)28-24/h3-5,7-9,11,13-14H,6,10,12H2,1-2H3,(H,27,32)(H,26,28,31). The number of rotatable bonds is 4. The summed E-state index contributed by atoms with van der Waals surface area (Å²) in [6.07, 6.45) is 2.77. The van der Waals surface area contributed by atoms with Gasteiger partial charge in [-0.2, -0.15) is 5.10 Å².